The van der Waals surface area contributed by atoms with Gasteiger partial charge in [-0.2, -0.15) is 0 Å². The van der Waals surface area contributed by atoms with E-state index >= 15 is 0 Å². The van der Waals surface area contributed by atoms with Crippen molar-refractivity contribution in [3.05, 3.63) is 45.5 Å². The number of nitro groups is 1. The molecule has 0 aliphatic carbocycles. The molecule has 0 fully saturated rings. The number of alkyl halides is 1. The molecule has 0 spiro atoms. The van der Waals surface area contributed by atoms with Gasteiger partial charge >= 0.3 is 0 Å². The van der Waals surface area contributed by atoms with Crippen molar-refractivity contribution < 1.29 is 4.92 Å². The second kappa shape index (κ2) is 4.44. The molecule has 0 aliphatic rings. The highest BCUT2D eigenvalue weighted by Gasteiger charge is 2.12. The van der Waals surface area contributed by atoms with Gasteiger partial charge in [-0.25, -0.2) is 0 Å². The average Bonchev–Trinajstić information content (AvgIpc) is 2.15. The number of hydrogen-bond donors (Lipinski definition) is 0. The summed E-state index contributed by atoms with van der Waals surface area (Å²) in [5.41, 5.74) is 1.29. The predicted octanol–water partition coefficient (Wildman–Crippen LogP) is 3.50. The summed E-state index contributed by atoms with van der Waals surface area (Å²) in [5, 5.41) is 10.5. The van der Waals surface area contributed by atoms with Gasteiger partial charge in [-0.1, -0.05) is 18.2 Å². The van der Waals surface area contributed by atoms with Crippen LogP contribution in [0.2, 0.25) is 5.02 Å². The second-order valence-electron chi connectivity index (χ2n) is 2.66. The molecule has 1 aromatic carbocycles. The lowest BCUT2D eigenvalue weighted by atomic mass is 10.1. The molecule has 0 heterocycles. The van der Waals surface area contributed by atoms with Crippen molar-refractivity contribution >= 4 is 34.5 Å². The lowest BCUT2D eigenvalue weighted by molar-refractivity contribution is -0.384. The number of hydrogen-bond acceptors (Lipinski definition) is 2. The minimum Gasteiger partial charge on any atom is -0.258 e. The van der Waals surface area contributed by atoms with Crippen molar-refractivity contribution in [2.24, 2.45) is 0 Å². The molecule has 74 valence electrons. The van der Waals surface area contributed by atoms with E-state index < -0.39 is 4.92 Å². The van der Waals surface area contributed by atoms with E-state index in [4.69, 9.17) is 23.2 Å². The smallest absolute Gasteiger partial charge is 0.258 e. The van der Waals surface area contributed by atoms with Crippen LogP contribution in [-0.4, -0.2) is 10.8 Å². The first-order valence-corrected chi connectivity index (χ1v) is 4.65. The summed E-state index contributed by atoms with van der Waals surface area (Å²) in [6.45, 7) is 3.70. The zero-order valence-corrected chi connectivity index (χ0v) is 8.68. The van der Waals surface area contributed by atoms with E-state index in [0.29, 0.717) is 5.57 Å². The summed E-state index contributed by atoms with van der Waals surface area (Å²) >= 11 is 11.3. The Morgan fingerprint density at radius 2 is 2.21 bits per heavy atom. The Balaban J connectivity index is 3.12. The number of nitro benzene ring substituents is 1. The molecule has 0 atom stereocenters. The van der Waals surface area contributed by atoms with Crippen LogP contribution in [0.5, 0.6) is 0 Å². The highest BCUT2D eigenvalue weighted by atomic mass is 35.5. The maximum atomic E-state index is 10.4. The van der Waals surface area contributed by atoms with Gasteiger partial charge in [-0.05, 0) is 23.3 Å². The van der Waals surface area contributed by atoms with Crippen LogP contribution in [-0.2, 0) is 0 Å². The Morgan fingerprint density at radius 1 is 1.57 bits per heavy atom. The summed E-state index contributed by atoms with van der Waals surface area (Å²) in [5.74, 6) is 0.272. The summed E-state index contributed by atoms with van der Waals surface area (Å²) in [6.07, 6.45) is 0. The van der Waals surface area contributed by atoms with Crippen LogP contribution >= 0.6 is 23.2 Å². The molecule has 0 bridgehead atoms. The predicted molar refractivity (Wildman–Crippen MR) is 57.9 cm³/mol. The fourth-order valence-electron chi connectivity index (χ4n) is 0.952. The lowest BCUT2D eigenvalue weighted by Crippen LogP contribution is -1.91. The third kappa shape index (κ3) is 2.25. The van der Waals surface area contributed by atoms with Gasteiger partial charge in [0.05, 0.1) is 4.92 Å². The van der Waals surface area contributed by atoms with E-state index in [2.05, 4.69) is 6.58 Å². The Kier molecular flexibility index (Phi) is 3.49. The average molecular weight is 232 g/mol. The van der Waals surface area contributed by atoms with E-state index in [0.717, 1.165) is 5.56 Å². The first-order valence-electron chi connectivity index (χ1n) is 3.74. The number of nitrogens with zero attached hydrogens (tertiary/aromatic N) is 1. The highest BCUT2D eigenvalue weighted by Crippen LogP contribution is 2.27. The van der Waals surface area contributed by atoms with Gasteiger partial charge in [0.25, 0.3) is 5.69 Å². The molecule has 0 saturated heterocycles. The maximum absolute atomic E-state index is 10.4. The van der Waals surface area contributed by atoms with Crippen LogP contribution in [0.15, 0.2) is 24.8 Å². The van der Waals surface area contributed by atoms with Gasteiger partial charge in [0.1, 0.15) is 5.02 Å². The van der Waals surface area contributed by atoms with Crippen LogP contribution in [0.3, 0.4) is 0 Å². The van der Waals surface area contributed by atoms with Gasteiger partial charge < -0.3 is 0 Å². The zero-order valence-electron chi connectivity index (χ0n) is 7.17. The van der Waals surface area contributed by atoms with Crippen molar-refractivity contribution in [3.8, 4) is 0 Å². The molecule has 1 rings (SSSR count). The minimum atomic E-state index is -0.532. The number of rotatable bonds is 3. The summed E-state index contributed by atoms with van der Waals surface area (Å²) < 4.78 is 0. The third-order valence-electron chi connectivity index (χ3n) is 1.71. The van der Waals surface area contributed by atoms with Gasteiger partial charge in [0.2, 0.25) is 0 Å². The molecule has 3 nitrogen and oxygen atoms in total. The largest absolute Gasteiger partial charge is 0.287 e. The standard InChI is InChI=1S/C9H7Cl2NO2/c1-6(5-10)7-2-3-9(12(13)14)8(11)4-7/h2-4H,1,5H2. The topological polar surface area (TPSA) is 43.1 Å². The number of halogens is 2. The summed E-state index contributed by atoms with van der Waals surface area (Å²) in [6, 6.07) is 4.41. The first kappa shape index (κ1) is 11.0. The van der Waals surface area contributed by atoms with Crippen molar-refractivity contribution in [1.82, 2.24) is 0 Å². The third-order valence-corrected chi connectivity index (χ3v) is 2.34. The van der Waals surface area contributed by atoms with Gasteiger partial charge in [-0.15, -0.1) is 11.6 Å². The SMILES string of the molecule is C=C(CCl)c1ccc([N+](=O)[O-])c(Cl)c1. The first-order chi connectivity index (χ1) is 6.56. The van der Waals surface area contributed by atoms with Gasteiger partial charge in [-0.3, -0.25) is 10.1 Å². The van der Waals surface area contributed by atoms with Crippen molar-refractivity contribution in [3.63, 3.8) is 0 Å². The molecule has 0 N–H and O–H groups in total. The number of allylic oxidation sites excluding steroid dienone is 1. The van der Waals surface area contributed by atoms with Crippen LogP contribution in [0.1, 0.15) is 5.56 Å². The molecule has 0 saturated carbocycles. The molecular formula is C9H7Cl2NO2. The molecule has 1 aromatic rings. The fraction of sp³-hybridized carbons (Fsp3) is 0.111. The van der Waals surface area contributed by atoms with E-state index in [-0.39, 0.29) is 16.6 Å². The van der Waals surface area contributed by atoms with E-state index in [9.17, 15) is 10.1 Å². The normalized spacial score (nSPS) is 9.86. The quantitative estimate of drug-likeness (QED) is 0.454. The van der Waals surface area contributed by atoms with Crippen LogP contribution < -0.4 is 0 Å². The zero-order chi connectivity index (χ0) is 10.7. The molecule has 0 radical (unpaired) electrons. The molecule has 0 aromatic heterocycles. The van der Waals surface area contributed by atoms with E-state index in [1.807, 2.05) is 0 Å². The monoisotopic (exact) mass is 231 g/mol. The summed E-state index contributed by atoms with van der Waals surface area (Å²) in [7, 11) is 0. The van der Waals surface area contributed by atoms with Crippen LogP contribution in [0, 0.1) is 10.1 Å². The molecule has 5 heteroatoms. The lowest BCUT2D eigenvalue weighted by Gasteiger charge is -2.02. The van der Waals surface area contributed by atoms with Crippen molar-refractivity contribution in [2.45, 2.75) is 0 Å². The molecule has 0 unspecified atom stereocenters. The Morgan fingerprint density at radius 3 is 2.64 bits per heavy atom. The molecular weight excluding hydrogens is 225 g/mol. The van der Waals surface area contributed by atoms with E-state index in [1.54, 1.807) is 6.07 Å². The number of benzene rings is 1. The molecule has 0 amide bonds. The van der Waals surface area contributed by atoms with Crippen LogP contribution in [0.25, 0.3) is 5.57 Å². The summed E-state index contributed by atoms with van der Waals surface area (Å²) in [4.78, 5) is 9.91. The van der Waals surface area contributed by atoms with Crippen molar-refractivity contribution in [2.75, 3.05) is 5.88 Å². The van der Waals surface area contributed by atoms with Gasteiger partial charge in [0.15, 0.2) is 0 Å². The Labute approximate surface area is 91.1 Å². The molecule has 14 heavy (non-hydrogen) atoms. The van der Waals surface area contributed by atoms with Crippen molar-refractivity contribution in [1.29, 1.82) is 0 Å². The minimum absolute atomic E-state index is 0.0961. The Hall–Kier alpha value is -1.06. The fourth-order valence-corrected chi connectivity index (χ4v) is 1.36. The molecule has 0 aliphatic heterocycles. The second-order valence-corrected chi connectivity index (χ2v) is 3.33. The maximum Gasteiger partial charge on any atom is 0.287 e. The highest BCUT2D eigenvalue weighted by molar-refractivity contribution is 6.33. The van der Waals surface area contributed by atoms with Crippen LogP contribution in [0.4, 0.5) is 5.69 Å². The van der Waals surface area contributed by atoms with Gasteiger partial charge in [0, 0.05) is 11.9 Å². The van der Waals surface area contributed by atoms with E-state index in [1.165, 1.54) is 12.1 Å². The Bertz CT molecular complexity index is 390.